The summed E-state index contributed by atoms with van der Waals surface area (Å²) in [6, 6.07) is 12.5. The van der Waals surface area contributed by atoms with Crippen LogP contribution in [0.1, 0.15) is 35.1 Å². The molecule has 2 aromatic carbocycles. The Bertz CT molecular complexity index is 891. The molecule has 1 fully saturated rings. The van der Waals surface area contributed by atoms with Crippen LogP contribution < -0.4 is 4.74 Å². The minimum absolute atomic E-state index is 0.0539. The number of aliphatic hydroxyl groups is 1. The van der Waals surface area contributed by atoms with Gasteiger partial charge in [-0.3, -0.25) is 0 Å². The number of hydrogen-bond donors (Lipinski definition) is 1. The maximum Gasteiger partial charge on any atom is 0.130 e. The fourth-order valence-corrected chi connectivity index (χ4v) is 3.24. The van der Waals surface area contributed by atoms with Crippen LogP contribution in [0.4, 0.5) is 4.39 Å². The normalized spacial score (nSPS) is 17.9. The molecule has 0 saturated heterocycles. The van der Waals surface area contributed by atoms with E-state index in [0.717, 1.165) is 46.2 Å². The highest BCUT2D eigenvalue weighted by Crippen LogP contribution is 2.46. The minimum atomic E-state index is -0.361. The van der Waals surface area contributed by atoms with Crippen LogP contribution in [0, 0.1) is 23.1 Å². The molecule has 24 heavy (non-hydrogen) atoms. The van der Waals surface area contributed by atoms with Crippen molar-refractivity contribution >= 4 is 5.57 Å². The Morgan fingerprint density at radius 1 is 1.21 bits per heavy atom. The van der Waals surface area contributed by atoms with E-state index < -0.39 is 0 Å². The maximum absolute atomic E-state index is 13.7. The van der Waals surface area contributed by atoms with Gasteiger partial charge in [0.25, 0.3) is 0 Å². The Balaban J connectivity index is 2.01. The molecule has 2 aromatic rings. The highest BCUT2D eigenvalue weighted by atomic mass is 19.1. The van der Waals surface area contributed by atoms with Gasteiger partial charge in [0.05, 0.1) is 12.7 Å². The summed E-state index contributed by atoms with van der Waals surface area (Å²) in [5.41, 5.74) is 4.97. The molecule has 4 heteroatoms. The summed E-state index contributed by atoms with van der Waals surface area (Å²) in [5.74, 6) is 0.367. The highest BCUT2D eigenvalue weighted by molar-refractivity contribution is 5.89. The first-order valence-electron chi connectivity index (χ1n) is 8.01. The average Bonchev–Trinajstić information content (AvgIpc) is 3.43. The van der Waals surface area contributed by atoms with Crippen molar-refractivity contribution in [1.82, 2.24) is 0 Å². The second kappa shape index (κ2) is 5.77. The minimum Gasteiger partial charge on any atom is -0.488 e. The number of allylic oxidation sites excluding steroid dienone is 1. The lowest BCUT2D eigenvalue weighted by Gasteiger charge is -2.13. The number of hydrogen-bond acceptors (Lipinski definition) is 3. The lowest BCUT2D eigenvalue weighted by atomic mass is 9.88. The lowest BCUT2D eigenvalue weighted by molar-refractivity contribution is 0.280. The number of nitrogens with zero attached hydrogens (tertiary/aromatic N) is 1. The number of nitriles is 1. The second-order valence-electron chi connectivity index (χ2n) is 6.25. The van der Waals surface area contributed by atoms with E-state index in [1.165, 1.54) is 12.1 Å². The smallest absolute Gasteiger partial charge is 0.130 e. The molecule has 120 valence electrons. The third-order valence-electron chi connectivity index (χ3n) is 4.59. The molecule has 0 amide bonds. The first kappa shape index (κ1) is 14.9. The molecule has 3 nitrogen and oxygen atoms in total. The number of halogens is 1. The molecule has 0 bridgehead atoms. The molecule has 1 heterocycles. The third-order valence-corrected chi connectivity index (χ3v) is 4.59. The van der Waals surface area contributed by atoms with Crippen LogP contribution >= 0.6 is 0 Å². The topological polar surface area (TPSA) is 53.2 Å². The van der Waals surface area contributed by atoms with Crippen molar-refractivity contribution < 1.29 is 14.2 Å². The largest absolute Gasteiger partial charge is 0.488 e. The zero-order valence-corrected chi connectivity index (χ0v) is 13.1. The van der Waals surface area contributed by atoms with Crippen molar-refractivity contribution in [2.45, 2.75) is 26.1 Å². The molecule has 1 saturated carbocycles. The molecule has 0 spiro atoms. The second-order valence-corrected chi connectivity index (χ2v) is 6.25. The van der Waals surface area contributed by atoms with Crippen LogP contribution in [0.3, 0.4) is 0 Å². The van der Waals surface area contributed by atoms with Crippen LogP contribution in [-0.2, 0) is 13.2 Å². The van der Waals surface area contributed by atoms with Gasteiger partial charge in [-0.1, -0.05) is 12.1 Å². The first-order chi connectivity index (χ1) is 11.7. The van der Waals surface area contributed by atoms with Gasteiger partial charge in [0, 0.05) is 22.8 Å². The number of fused-ring (bicyclic) bond motifs is 2. The summed E-state index contributed by atoms with van der Waals surface area (Å²) < 4.78 is 19.5. The van der Waals surface area contributed by atoms with Crippen molar-refractivity contribution in [2.24, 2.45) is 5.92 Å². The van der Waals surface area contributed by atoms with Crippen LogP contribution in [0.25, 0.3) is 5.57 Å². The number of ether oxygens (including phenoxy) is 1. The summed E-state index contributed by atoms with van der Waals surface area (Å²) in [7, 11) is 0. The zero-order valence-electron chi connectivity index (χ0n) is 13.1. The van der Waals surface area contributed by atoms with Gasteiger partial charge in [-0.25, -0.2) is 4.39 Å². The summed E-state index contributed by atoms with van der Waals surface area (Å²) in [6.07, 6.45) is 2.02. The Kier molecular flexibility index (Phi) is 3.59. The van der Waals surface area contributed by atoms with Gasteiger partial charge in [0.1, 0.15) is 18.2 Å². The van der Waals surface area contributed by atoms with Gasteiger partial charge >= 0.3 is 0 Å². The predicted octanol–water partition coefficient (Wildman–Crippen LogP) is 3.95. The summed E-state index contributed by atoms with van der Waals surface area (Å²) >= 11 is 0. The molecular weight excluding hydrogens is 305 g/mol. The maximum atomic E-state index is 13.7. The highest BCUT2D eigenvalue weighted by Gasteiger charge is 2.32. The summed E-state index contributed by atoms with van der Waals surface area (Å²) in [6.45, 7) is 0.230. The fourth-order valence-electron chi connectivity index (χ4n) is 3.24. The van der Waals surface area contributed by atoms with Gasteiger partial charge < -0.3 is 9.84 Å². The van der Waals surface area contributed by atoms with Gasteiger partial charge in [-0.05, 0) is 53.6 Å². The van der Waals surface area contributed by atoms with E-state index in [1.54, 1.807) is 6.07 Å². The van der Waals surface area contributed by atoms with Crippen LogP contribution in [0.5, 0.6) is 5.75 Å². The van der Waals surface area contributed by atoms with E-state index in [4.69, 9.17) is 4.74 Å². The monoisotopic (exact) mass is 321 g/mol. The van der Waals surface area contributed by atoms with Crippen LogP contribution in [-0.4, -0.2) is 5.11 Å². The van der Waals surface area contributed by atoms with E-state index in [2.05, 4.69) is 6.07 Å². The molecule has 2 aliphatic rings. The third kappa shape index (κ3) is 2.47. The molecule has 1 aliphatic heterocycles. The standard InChI is InChI=1S/C20H16FNO2/c21-15-4-6-17-19(8-15)24-11-14-7-12(10-23)1-5-16(14)20(17)18(9-22)13-2-3-13/h1,4-8,13,23H,2-3,10-11H2/b20-18-. The van der Waals surface area contributed by atoms with Gasteiger partial charge in [0.2, 0.25) is 0 Å². The molecule has 1 N–H and O–H groups in total. The van der Waals surface area contributed by atoms with E-state index in [1.807, 2.05) is 18.2 Å². The van der Waals surface area contributed by atoms with Gasteiger partial charge in [0.15, 0.2) is 0 Å². The SMILES string of the molecule is N#C/C(=C1\c2ccc(CO)cc2COc2cc(F)ccc21)C1CC1. The molecule has 0 radical (unpaired) electrons. The van der Waals surface area contributed by atoms with E-state index >= 15 is 0 Å². The molecule has 1 aliphatic carbocycles. The summed E-state index contributed by atoms with van der Waals surface area (Å²) in [5, 5.41) is 19.1. The van der Waals surface area contributed by atoms with E-state index in [9.17, 15) is 14.8 Å². The van der Waals surface area contributed by atoms with Crippen molar-refractivity contribution in [3.05, 3.63) is 70.0 Å². The van der Waals surface area contributed by atoms with Crippen LogP contribution in [0.15, 0.2) is 42.0 Å². The number of benzene rings is 2. The van der Waals surface area contributed by atoms with Crippen LogP contribution in [0.2, 0.25) is 0 Å². The average molecular weight is 321 g/mol. The Morgan fingerprint density at radius 2 is 2.00 bits per heavy atom. The molecule has 0 unspecified atom stereocenters. The van der Waals surface area contributed by atoms with E-state index in [-0.39, 0.29) is 24.9 Å². The Hall–Kier alpha value is -2.64. The number of aliphatic hydroxyl groups excluding tert-OH is 1. The molecular formula is C20H16FNO2. The van der Waals surface area contributed by atoms with Crippen molar-refractivity contribution in [3.63, 3.8) is 0 Å². The molecule has 4 rings (SSSR count). The Morgan fingerprint density at radius 3 is 2.71 bits per heavy atom. The molecule has 0 aromatic heterocycles. The first-order valence-corrected chi connectivity index (χ1v) is 8.01. The van der Waals surface area contributed by atoms with Gasteiger partial charge in [-0.15, -0.1) is 0 Å². The quantitative estimate of drug-likeness (QED) is 0.852. The predicted molar refractivity (Wildman–Crippen MR) is 87.5 cm³/mol. The van der Waals surface area contributed by atoms with E-state index in [0.29, 0.717) is 5.75 Å². The van der Waals surface area contributed by atoms with Gasteiger partial charge in [-0.2, -0.15) is 5.26 Å². The Labute approximate surface area is 139 Å². The van der Waals surface area contributed by atoms with Crippen molar-refractivity contribution in [1.29, 1.82) is 5.26 Å². The summed E-state index contributed by atoms with van der Waals surface area (Å²) in [4.78, 5) is 0. The fraction of sp³-hybridized carbons (Fsp3) is 0.250. The lowest BCUT2D eigenvalue weighted by Crippen LogP contribution is -1.99. The number of rotatable bonds is 2. The van der Waals surface area contributed by atoms with Crippen molar-refractivity contribution in [2.75, 3.05) is 0 Å². The zero-order chi connectivity index (χ0) is 16.7. The molecule has 0 atom stereocenters. The van der Waals surface area contributed by atoms with Crippen molar-refractivity contribution in [3.8, 4) is 11.8 Å².